The number of hydrazine groups is 1. The highest BCUT2D eigenvalue weighted by molar-refractivity contribution is 5.29. The van der Waals surface area contributed by atoms with Gasteiger partial charge in [-0.3, -0.25) is 5.01 Å². The summed E-state index contributed by atoms with van der Waals surface area (Å²) in [6.45, 7) is 0. The van der Waals surface area contributed by atoms with Crippen LogP contribution in [-0.2, 0) is 0 Å². The van der Waals surface area contributed by atoms with Gasteiger partial charge in [0.25, 0.3) is 0 Å². The van der Waals surface area contributed by atoms with Crippen LogP contribution in [0.4, 0.5) is 13.2 Å². The Morgan fingerprint density at radius 1 is 1.38 bits per heavy atom. The fourth-order valence-corrected chi connectivity index (χ4v) is 1.24. The van der Waals surface area contributed by atoms with Gasteiger partial charge in [-0.15, -0.1) is 0 Å². The Balaban J connectivity index is 2.23. The van der Waals surface area contributed by atoms with Gasteiger partial charge in [0.2, 0.25) is 0 Å². The number of alkyl halides is 3. The minimum Gasteiger partial charge on any atom is -0.302 e. The maximum atomic E-state index is 12.2. The van der Waals surface area contributed by atoms with E-state index in [1.54, 1.807) is 12.3 Å². The summed E-state index contributed by atoms with van der Waals surface area (Å²) in [6.07, 6.45) is 2.68. The molecule has 0 fully saturated rings. The van der Waals surface area contributed by atoms with E-state index in [4.69, 9.17) is 0 Å². The quantitative estimate of drug-likeness (QED) is 0.624. The summed E-state index contributed by atoms with van der Waals surface area (Å²) in [7, 11) is 0. The van der Waals surface area contributed by atoms with Crippen molar-refractivity contribution in [2.24, 2.45) is 5.92 Å². The molecular formula is C8H7F3N2. The minimum atomic E-state index is -4.19. The van der Waals surface area contributed by atoms with Crippen LogP contribution in [0.15, 0.2) is 36.3 Å². The molecule has 0 amide bonds. The number of rotatable bonds is 0. The Morgan fingerprint density at radius 2 is 2.15 bits per heavy atom. The second-order valence-corrected chi connectivity index (χ2v) is 2.83. The van der Waals surface area contributed by atoms with Crippen LogP contribution in [0.2, 0.25) is 0 Å². The number of fused-ring (bicyclic) bond motifs is 1. The first-order chi connectivity index (χ1) is 6.07. The zero-order chi connectivity index (χ0) is 9.47. The molecule has 0 aromatic carbocycles. The number of nitrogens with zero attached hydrogens (tertiary/aromatic N) is 1. The molecule has 2 nitrogen and oxygen atoms in total. The molecular weight excluding hydrogens is 181 g/mol. The SMILES string of the molecule is FC(F)(F)C1C=CN2NC=CC2=C1. The van der Waals surface area contributed by atoms with Crippen molar-refractivity contribution >= 4 is 0 Å². The second-order valence-electron chi connectivity index (χ2n) is 2.83. The van der Waals surface area contributed by atoms with E-state index in [0.29, 0.717) is 5.70 Å². The lowest BCUT2D eigenvalue weighted by Crippen LogP contribution is -2.29. The van der Waals surface area contributed by atoms with Crippen LogP contribution in [0.5, 0.6) is 0 Å². The second kappa shape index (κ2) is 2.55. The van der Waals surface area contributed by atoms with E-state index in [9.17, 15) is 13.2 Å². The summed E-state index contributed by atoms with van der Waals surface area (Å²) in [5.41, 5.74) is 3.29. The first-order valence-electron chi connectivity index (χ1n) is 3.76. The van der Waals surface area contributed by atoms with E-state index < -0.39 is 12.1 Å². The van der Waals surface area contributed by atoms with Gasteiger partial charge in [0.05, 0.1) is 11.6 Å². The number of hydrogen-bond acceptors (Lipinski definition) is 2. The van der Waals surface area contributed by atoms with Crippen molar-refractivity contribution in [3.8, 4) is 0 Å². The Bertz CT molecular complexity index is 301. The molecule has 2 rings (SSSR count). The number of nitrogens with one attached hydrogen (secondary N) is 1. The third-order valence-electron chi connectivity index (χ3n) is 1.92. The maximum Gasteiger partial charge on any atom is 0.398 e. The van der Waals surface area contributed by atoms with E-state index in [2.05, 4.69) is 5.43 Å². The summed E-state index contributed by atoms with van der Waals surface area (Å²) in [5.74, 6) is -1.47. The van der Waals surface area contributed by atoms with Crippen molar-refractivity contribution in [1.82, 2.24) is 10.4 Å². The highest BCUT2D eigenvalue weighted by Gasteiger charge is 2.38. The largest absolute Gasteiger partial charge is 0.398 e. The molecule has 0 saturated carbocycles. The lowest BCUT2D eigenvalue weighted by Gasteiger charge is -2.23. The average molecular weight is 188 g/mol. The summed E-state index contributed by atoms with van der Waals surface area (Å²) < 4.78 is 36.7. The van der Waals surface area contributed by atoms with Gasteiger partial charge in [-0.2, -0.15) is 13.2 Å². The molecule has 2 heterocycles. The molecule has 1 N–H and O–H groups in total. The van der Waals surface area contributed by atoms with Crippen LogP contribution in [-0.4, -0.2) is 11.2 Å². The summed E-state index contributed by atoms with van der Waals surface area (Å²) in [6, 6.07) is 0. The van der Waals surface area contributed by atoms with Gasteiger partial charge >= 0.3 is 6.18 Å². The third kappa shape index (κ3) is 1.41. The van der Waals surface area contributed by atoms with Crippen molar-refractivity contribution < 1.29 is 13.2 Å². The molecule has 0 bridgehead atoms. The predicted molar refractivity (Wildman–Crippen MR) is 40.9 cm³/mol. The first kappa shape index (κ1) is 8.22. The third-order valence-corrected chi connectivity index (χ3v) is 1.92. The van der Waals surface area contributed by atoms with Gasteiger partial charge in [0.15, 0.2) is 0 Å². The lowest BCUT2D eigenvalue weighted by molar-refractivity contribution is -0.149. The van der Waals surface area contributed by atoms with Crippen molar-refractivity contribution in [3.05, 3.63) is 36.3 Å². The monoisotopic (exact) mass is 188 g/mol. The zero-order valence-electron chi connectivity index (χ0n) is 6.55. The van der Waals surface area contributed by atoms with Gasteiger partial charge in [-0.1, -0.05) is 6.08 Å². The van der Waals surface area contributed by atoms with Gasteiger partial charge < -0.3 is 5.43 Å². The highest BCUT2D eigenvalue weighted by Crippen LogP contribution is 2.32. The highest BCUT2D eigenvalue weighted by atomic mass is 19.4. The van der Waals surface area contributed by atoms with Crippen molar-refractivity contribution in [1.29, 1.82) is 0 Å². The summed E-state index contributed by atoms with van der Waals surface area (Å²) >= 11 is 0. The molecule has 0 saturated heterocycles. The molecule has 1 atom stereocenters. The van der Waals surface area contributed by atoms with Crippen LogP contribution in [0.3, 0.4) is 0 Å². The van der Waals surface area contributed by atoms with Crippen molar-refractivity contribution in [3.63, 3.8) is 0 Å². The van der Waals surface area contributed by atoms with Crippen LogP contribution in [0.1, 0.15) is 0 Å². The molecule has 13 heavy (non-hydrogen) atoms. The van der Waals surface area contributed by atoms with Crippen molar-refractivity contribution in [2.75, 3.05) is 0 Å². The van der Waals surface area contributed by atoms with Crippen LogP contribution < -0.4 is 5.43 Å². The molecule has 0 radical (unpaired) electrons. The number of halogens is 3. The molecule has 2 aliphatic rings. The average Bonchev–Trinajstić information content (AvgIpc) is 2.47. The Morgan fingerprint density at radius 3 is 2.85 bits per heavy atom. The Kier molecular flexibility index (Phi) is 1.61. The maximum absolute atomic E-state index is 12.2. The standard InChI is InChI=1S/C8H7F3N2/c9-8(10,11)6-2-4-13-7(5-6)1-3-12-13/h1-6,12H. The number of allylic oxidation sites excluding steroid dienone is 3. The smallest absolute Gasteiger partial charge is 0.302 e. The normalized spacial score (nSPS) is 25.6. The fraction of sp³-hybridized carbons (Fsp3) is 0.250. The lowest BCUT2D eigenvalue weighted by atomic mass is 10.1. The Labute approximate surface area is 73.0 Å². The van der Waals surface area contributed by atoms with Crippen LogP contribution in [0.25, 0.3) is 0 Å². The molecule has 0 aromatic heterocycles. The zero-order valence-corrected chi connectivity index (χ0v) is 6.55. The molecule has 2 aliphatic heterocycles. The van der Waals surface area contributed by atoms with Gasteiger partial charge in [-0.05, 0) is 12.2 Å². The molecule has 1 unspecified atom stereocenters. The minimum absolute atomic E-state index is 0.532. The van der Waals surface area contributed by atoms with E-state index in [0.717, 1.165) is 6.08 Å². The molecule has 70 valence electrons. The van der Waals surface area contributed by atoms with Gasteiger partial charge in [0.1, 0.15) is 0 Å². The van der Waals surface area contributed by atoms with E-state index >= 15 is 0 Å². The molecule has 0 spiro atoms. The number of hydrogen-bond donors (Lipinski definition) is 1. The topological polar surface area (TPSA) is 15.3 Å². The summed E-state index contributed by atoms with van der Waals surface area (Å²) in [5, 5.41) is 1.53. The molecule has 5 heteroatoms. The predicted octanol–water partition coefficient (Wildman–Crippen LogP) is 1.91. The van der Waals surface area contributed by atoms with E-state index in [1.807, 2.05) is 0 Å². The van der Waals surface area contributed by atoms with E-state index in [-0.39, 0.29) is 0 Å². The van der Waals surface area contributed by atoms with Gasteiger partial charge in [-0.25, -0.2) is 0 Å². The van der Waals surface area contributed by atoms with Crippen LogP contribution in [0, 0.1) is 5.92 Å². The first-order valence-corrected chi connectivity index (χ1v) is 3.76. The van der Waals surface area contributed by atoms with Gasteiger partial charge in [0, 0.05) is 12.4 Å². The fourth-order valence-electron chi connectivity index (χ4n) is 1.24. The van der Waals surface area contributed by atoms with E-state index in [1.165, 1.54) is 17.3 Å². The molecule has 0 aromatic rings. The van der Waals surface area contributed by atoms with Crippen LogP contribution >= 0.6 is 0 Å². The Hall–Kier alpha value is -1.39. The van der Waals surface area contributed by atoms with Crippen molar-refractivity contribution in [2.45, 2.75) is 6.18 Å². The summed E-state index contributed by atoms with van der Waals surface area (Å²) in [4.78, 5) is 0. The molecule has 0 aliphatic carbocycles.